The van der Waals surface area contributed by atoms with Crippen LogP contribution in [0.1, 0.15) is 38.3 Å². The van der Waals surface area contributed by atoms with Crippen molar-refractivity contribution in [3.05, 3.63) is 11.6 Å². The van der Waals surface area contributed by atoms with Crippen molar-refractivity contribution >= 4 is 0 Å². The fourth-order valence-electron chi connectivity index (χ4n) is 2.16. The largest absolute Gasteiger partial charge is 0.380 e. The molecular formula is C13H24N4O. The molecule has 1 aromatic rings. The van der Waals surface area contributed by atoms with Crippen molar-refractivity contribution in [1.82, 2.24) is 20.1 Å². The molecule has 1 aliphatic rings. The summed E-state index contributed by atoms with van der Waals surface area (Å²) in [4.78, 5) is 0. The van der Waals surface area contributed by atoms with Gasteiger partial charge in [0.25, 0.3) is 0 Å². The molecule has 18 heavy (non-hydrogen) atoms. The number of aryl methyl sites for hydroxylation is 1. The highest BCUT2D eigenvalue weighted by Gasteiger charge is 2.14. The van der Waals surface area contributed by atoms with Crippen LogP contribution in [0, 0.1) is 5.92 Å². The number of fused-ring (bicyclic) bond motifs is 1. The second-order valence-corrected chi connectivity index (χ2v) is 5.29. The Bertz CT molecular complexity index is 362. The highest BCUT2D eigenvalue weighted by Crippen LogP contribution is 2.13. The van der Waals surface area contributed by atoms with E-state index in [-0.39, 0.29) is 0 Å². The fourth-order valence-corrected chi connectivity index (χ4v) is 2.16. The highest BCUT2D eigenvalue weighted by atomic mass is 16.5. The lowest BCUT2D eigenvalue weighted by molar-refractivity contribution is 0.111. The first-order valence-corrected chi connectivity index (χ1v) is 6.97. The van der Waals surface area contributed by atoms with Gasteiger partial charge in [0.05, 0.1) is 13.2 Å². The first kappa shape index (κ1) is 13.5. The Morgan fingerprint density at radius 2 is 2.22 bits per heavy atom. The summed E-state index contributed by atoms with van der Waals surface area (Å²) in [5.41, 5.74) is 0. The molecule has 102 valence electrons. The first-order valence-electron chi connectivity index (χ1n) is 6.97. The van der Waals surface area contributed by atoms with Gasteiger partial charge in [-0.1, -0.05) is 13.8 Å². The monoisotopic (exact) mass is 252 g/mol. The number of ether oxygens (including phenoxy) is 1. The summed E-state index contributed by atoms with van der Waals surface area (Å²) in [6.45, 7) is 8.66. The first-order chi connectivity index (χ1) is 8.77. The van der Waals surface area contributed by atoms with Gasteiger partial charge in [-0.15, -0.1) is 10.2 Å². The molecule has 5 nitrogen and oxygen atoms in total. The van der Waals surface area contributed by atoms with Crippen molar-refractivity contribution in [3.63, 3.8) is 0 Å². The van der Waals surface area contributed by atoms with E-state index in [1.165, 1.54) is 12.8 Å². The van der Waals surface area contributed by atoms with E-state index in [9.17, 15) is 0 Å². The zero-order valence-corrected chi connectivity index (χ0v) is 11.5. The van der Waals surface area contributed by atoms with E-state index in [1.54, 1.807) is 0 Å². The van der Waals surface area contributed by atoms with Crippen molar-refractivity contribution in [3.8, 4) is 0 Å². The molecule has 0 bridgehead atoms. The molecule has 0 amide bonds. The minimum absolute atomic E-state index is 0.605. The van der Waals surface area contributed by atoms with Crippen LogP contribution in [0.4, 0.5) is 0 Å². The van der Waals surface area contributed by atoms with Crippen molar-refractivity contribution in [2.75, 3.05) is 19.8 Å². The molecule has 2 rings (SSSR count). The molecule has 0 saturated carbocycles. The van der Waals surface area contributed by atoms with Crippen LogP contribution in [0.5, 0.6) is 0 Å². The molecule has 0 fully saturated rings. The van der Waals surface area contributed by atoms with E-state index in [0.29, 0.717) is 5.92 Å². The molecular weight excluding hydrogens is 228 g/mol. The van der Waals surface area contributed by atoms with Gasteiger partial charge >= 0.3 is 0 Å². The molecule has 0 aliphatic carbocycles. The molecule has 0 atom stereocenters. The standard InChI is InChI=1S/C13H24N4O/c1-11(2)10-18-8-6-14-9-13-16-15-12-5-3-4-7-17(12)13/h11,14H,3-10H2,1-2H3. The number of nitrogens with one attached hydrogen (secondary N) is 1. The predicted octanol–water partition coefficient (Wildman–Crippen LogP) is 1.38. The Hall–Kier alpha value is -0.940. The van der Waals surface area contributed by atoms with Crippen molar-refractivity contribution in [1.29, 1.82) is 0 Å². The van der Waals surface area contributed by atoms with Crippen molar-refractivity contribution in [2.45, 2.75) is 46.2 Å². The van der Waals surface area contributed by atoms with Gasteiger partial charge in [0.1, 0.15) is 11.6 Å². The lowest BCUT2D eigenvalue weighted by Gasteiger charge is -2.15. The molecule has 0 saturated heterocycles. The topological polar surface area (TPSA) is 52.0 Å². The van der Waals surface area contributed by atoms with Crippen molar-refractivity contribution in [2.24, 2.45) is 5.92 Å². The van der Waals surface area contributed by atoms with Gasteiger partial charge in [-0.2, -0.15) is 0 Å². The van der Waals surface area contributed by atoms with Crippen LogP contribution in [0.25, 0.3) is 0 Å². The van der Waals surface area contributed by atoms with Crippen LogP contribution >= 0.6 is 0 Å². The number of aromatic nitrogens is 3. The maximum Gasteiger partial charge on any atom is 0.147 e. The zero-order chi connectivity index (χ0) is 12.8. The second kappa shape index (κ2) is 6.85. The quantitative estimate of drug-likeness (QED) is 0.745. The van der Waals surface area contributed by atoms with Gasteiger partial charge in [-0.25, -0.2) is 0 Å². The maximum atomic E-state index is 5.52. The third-order valence-electron chi connectivity index (χ3n) is 3.09. The van der Waals surface area contributed by atoms with Crippen LogP contribution in [-0.4, -0.2) is 34.5 Å². The van der Waals surface area contributed by atoms with E-state index >= 15 is 0 Å². The Labute approximate surface area is 109 Å². The fraction of sp³-hybridized carbons (Fsp3) is 0.846. The van der Waals surface area contributed by atoms with Gasteiger partial charge in [-0.3, -0.25) is 0 Å². The highest BCUT2D eigenvalue weighted by molar-refractivity contribution is 4.98. The minimum Gasteiger partial charge on any atom is -0.380 e. The number of rotatable bonds is 7. The van der Waals surface area contributed by atoms with Gasteiger partial charge in [0.15, 0.2) is 0 Å². The van der Waals surface area contributed by atoms with Gasteiger partial charge < -0.3 is 14.6 Å². The minimum atomic E-state index is 0.605. The third-order valence-corrected chi connectivity index (χ3v) is 3.09. The van der Waals surface area contributed by atoms with Crippen LogP contribution in [0.15, 0.2) is 0 Å². The van der Waals surface area contributed by atoms with Crippen LogP contribution in [0.2, 0.25) is 0 Å². The number of hydrogen-bond donors (Lipinski definition) is 1. The Kier molecular flexibility index (Phi) is 5.13. The summed E-state index contributed by atoms with van der Waals surface area (Å²) in [6.07, 6.45) is 3.56. The van der Waals surface area contributed by atoms with Crippen LogP contribution < -0.4 is 5.32 Å². The maximum absolute atomic E-state index is 5.52. The lowest BCUT2D eigenvalue weighted by Crippen LogP contribution is -2.23. The van der Waals surface area contributed by atoms with E-state index < -0.39 is 0 Å². The molecule has 1 aromatic heterocycles. The summed E-state index contributed by atoms with van der Waals surface area (Å²) in [5.74, 6) is 2.82. The number of nitrogens with zero attached hydrogens (tertiary/aromatic N) is 3. The van der Waals surface area contributed by atoms with Gasteiger partial charge in [-0.05, 0) is 18.8 Å². The average molecular weight is 252 g/mol. The summed E-state index contributed by atoms with van der Waals surface area (Å²) in [6, 6.07) is 0. The van der Waals surface area contributed by atoms with Crippen LogP contribution in [0.3, 0.4) is 0 Å². The zero-order valence-electron chi connectivity index (χ0n) is 11.5. The summed E-state index contributed by atoms with van der Waals surface area (Å²) in [7, 11) is 0. The second-order valence-electron chi connectivity index (χ2n) is 5.29. The Morgan fingerprint density at radius 1 is 1.33 bits per heavy atom. The summed E-state index contributed by atoms with van der Waals surface area (Å²) in [5, 5.41) is 11.9. The third kappa shape index (κ3) is 3.78. The Morgan fingerprint density at radius 3 is 3.06 bits per heavy atom. The Balaban J connectivity index is 1.66. The van der Waals surface area contributed by atoms with Gasteiger partial charge in [0, 0.05) is 26.1 Å². The normalized spacial score (nSPS) is 15.1. The SMILES string of the molecule is CC(C)COCCNCc1nnc2n1CCCC2. The van der Waals surface area contributed by atoms with Crippen molar-refractivity contribution < 1.29 is 4.74 Å². The summed E-state index contributed by atoms with van der Waals surface area (Å²) >= 11 is 0. The van der Waals surface area contributed by atoms with E-state index in [4.69, 9.17) is 4.74 Å². The lowest BCUT2D eigenvalue weighted by atomic mass is 10.2. The molecule has 0 aromatic carbocycles. The molecule has 1 N–H and O–H groups in total. The molecule has 0 unspecified atom stereocenters. The summed E-state index contributed by atoms with van der Waals surface area (Å²) < 4.78 is 7.78. The average Bonchev–Trinajstić information content (AvgIpc) is 2.77. The van der Waals surface area contributed by atoms with E-state index in [1.807, 2.05) is 0 Å². The van der Waals surface area contributed by atoms with E-state index in [0.717, 1.165) is 50.9 Å². The smallest absolute Gasteiger partial charge is 0.147 e. The van der Waals surface area contributed by atoms with E-state index in [2.05, 4.69) is 33.9 Å². The molecule has 2 heterocycles. The molecule has 1 aliphatic heterocycles. The molecule has 0 spiro atoms. The number of hydrogen-bond acceptors (Lipinski definition) is 4. The molecule has 0 radical (unpaired) electrons. The molecule has 5 heteroatoms. The predicted molar refractivity (Wildman–Crippen MR) is 70.3 cm³/mol. The van der Waals surface area contributed by atoms with Crippen LogP contribution in [-0.2, 0) is 24.2 Å². The van der Waals surface area contributed by atoms with Gasteiger partial charge in [0.2, 0.25) is 0 Å².